The van der Waals surface area contributed by atoms with E-state index in [0.29, 0.717) is 0 Å². The summed E-state index contributed by atoms with van der Waals surface area (Å²) < 4.78 is 24.1. The predicted molar refractivity (Wildman–Crippen MR) is 77.6 cm³/mol. The van der Waals surface area contributed by atoms with Gasteiger partial charge in [0.05, 0.1) is 0 Å². The number of methoxy groups -OCH3 is 2. The Morgan fingerprint density at radius 1 is 0.789 bits per heavy atom. The largest absolute Gasteiger partial charge is 0.349 e. The van der Waals surface area contributed by atoms with Crippen molar-refractivity contribution in [2.75, 3.05) is 14.2 Å². The van der Waals surface area contributed by atoms with Crippen molar-refractivity contribution in [2.45, 2.75) is 6.03 Å². The molecule has 19 heavy (non-hydrogen) atoms. The molecule has 0 saturated carbocycles. The number of hydrogen-bond acceptors (Lipinski definition) is 3. The lowest BCUT2D eigenvalue weighted by Crippen LogP contribution is -2.28. The van der Waals surface area contributed by atoms with Crippen molar-refractivity contribution in [3.05, 3.63) is 60.7 Å². The highest BCUT2D eigenvalue weighted by molar-refractivity contribution is 7.79. The van der Waals surface area contributed by atoms with Crippen LogP contribution in [0.5, 0.6) is 0 Å². The van der Waals surface area contributed by atoms with Crippen LogP contribution in [0.25, 0.3) is 0 Å². The molecule has 0 amide bonds. The van der Waals surface area contributed by atoms with Crippen LogP contribution in [-0.4, -0.2) is 20.3 Å². The topological polar surface area (TPSA) is 35.5 Å². The smallest absolute Gasteiger partial charge is 0.219 e. The van der Waals surface area contributed by atoms with Crippen LogP contribution in [0.3, 0.4) is 0 Å². The van der Waals surface area contributed by atoms with Gasteiger partial charge in [0, 0.05) is 24.8 Å². The molecule has 100 valence electrons. The maximum Gasteiger partial charge on any atom is 0.219 e. The van der Waals surface area contributed by atoms with Gasteiger partial charge in [-0.1, -0.05) is 60.7 Å². The standard InChI is InChI=1S/C15H17O3P/c1-17-15(18-2)19(16,13-9-5-3-6-10-13)14-11-7-4-8-12-14/h3-12,15H,1-2H3. The van der Waals surface area contributed by atoms with E-state index in [9.17, 15) is 4.57 Å². The minimum absolute atomic E-state index is 0.731. The van der Waals surface area contributed by atoms with Gasteiger partial charge in [0.2, 0.25) is 6.03 Å². The van der Waals surface area contributed by atoms with Gasteiger partial charge in [-0.3, -0.25) is 0 Å². The summed E-state index contributed by atoms with van der Waals surface area (Å²) in [7, 11) is 0.0346. The van der Waals surface area contributed by atoms with Gasteiger partial charge in [0.1, 0.15) is 0 Å². The lowest BCUT2D eigenvalue weighted by molar-refractivity contribution is -0.0416. The molecule has 0 heterocycles. The van der Waals surface area contributed by atoms with Crippen molar-refractivity contribution in [2.24, 2.45) is 0 Å². The van der Waals surface area contributed by atoms with Gasteiger partial charge in [-0.05, 0) is 0 Å². The number of rotatable bonds is 5. The average molecular weight is 276 g/mol. The predicted octanol–water partition coefficient (Wildman–Crippen LogP) is 2.58. The molecule has 0 N–H and O–H groups in total. The van der Waals surface area contributed by atoms with Gasteiger partial charge in [-0.2, -0.15) is 0 Å². The molecule has 0 spiro atoms. The highest BCUT2D eigenvalue weighted by Gasteiger charge is 2.37. The Bertz CT molecular complexity index is 507. The van der Waals surface area contributed by atoms with E-state index >= 15 is 0 Å². The van der Waals surface area contributed by atoms with Crippen molar-refractivity contribution in [1.82, 2.24) is 0 Å². The highest BCUT2D eigenvalue weighted by atomic mass is 31.2. The van der Waals surface area contributed by atoms with E-state index in [-0.39, 0.29) is 0 Å². The first-order chi connectivity index (χ1) is 9.23. The second kappa shape index (κ2) is 6.16. The Balaban J connectivity index is 2.61. The molecule has 0 radical (unpaired) electrons. The van der Waals surface area contributed by atoms with E-state index in [4.69, 9.17) is 9.47 Å². The van der Waals surface area contributed by atoms with E-state index < -0.39 is 13.2 Å². The lowest BCUT2D eigenvalue weighted by Gasteiger charge is -2.26. The second-order valence-corrected chi connectivity index (χ2v) is 6.88. The fourth-order valence-electron chi connectivity index (χ4n) is 2.08. The summed E-state index contributed by atoms with van der Waals surface area (Å²) in [6.07, 6.45) is 0. The molecular weight excluding hydrogens is 259 g/mol. The zero-order chi connectivity index (χ0) is 13.7. The first-order valence-corrected chi connectivity index (χ1v) is 7.77. The molecular formula is C15H17O3P. The third-order valence-corrected chi connectivity index (χ3v) is 6.13. The average Bonchev–Trinajstić information content (AvgIpc) is 2.50. The molecule has 0 atom stereocenters. The zero-order valence-corrected chi connectivity index (χ0v) is 11.9. The maximum absolute atomic E-state index is 13.5. The Hall–Kier alpha value is -1.41. The molecule has 0 saturated heterocycles. The van der Waals surface area contributed by atoms with Gasteiger partial charge in [0.25, 0.3) is 0 Å². The first-order valence-electron chi connectivity index (χ1n) is 6.00. The molecule has 0 unspecified atom stereocenters. The Morgan fingerprint density at radius 2 is 1.16 bits per heavy atom. The molecule has 0 fully saturated rings. The fraction of sp³-hybridized carbons (Fsp3) is 0.200. The summed E-state index contributed by atoms with van der Waals surface area (Å²) in [6, 6.07) is 17.9. The fourth-order valence-corrected chi connectivity index (χ4v) is 4.69. The number of hydrogen-bond donors (Lipinski definition) is 0. The third kappa shape index (κ3) is 2.64. The van der Waals surface area contributed by atoms with E-state index in [1.807, 2.05) is 60.7 Å². The molecule has 0 bridgehead atoms. The Kier molecular flexibility index (Phi) is 4.54. The van der Waals surface area contributed by atoms with Crippen LogP contribution >= 0.6 is 7.14 Å². The molecule has 3 nitrogen and oxygen atoms in total. The highest BCUT2D eigenvalue weighted by Crippen LogP contribution is 2.48. The summed E-state index contributed by atoms with van der Waals surface area (Å²) in [5.74, 6) is 0. The first kappa shape index (κ1) is 14.0. The summed E-state index contributed by atoms with van der Waals surface area (Å²) in [4.78, 5) is 0. The van der Waals surface area contributed by atoms with E-state index in [1.54, 1.807) is 0 Å². The minimum Gasteiger partial charge on any atom is -0.349 e. The Labute approximate surface area is 113 Å². The van der Waals surface area contributed by atoms with Crippen LogP contribution < -0.4 is 10.6 Å². The van der Waals surface area contributed by atoms with Crippen LogP contribution in [0.1, 0.15) is 0 Å². The summed E-state index contributed by atoms with van der Waals surface area (Å²) >= 11 is 0. The van der Waals surface area contributed by atoms with Crippen molar-refractivity contribution in [3.8, 4) is 0 Å². The quantitative estimate of drug-likeness (QED) is 0.622. The second-order valence-electron chi connectivity index (χ2n) is 4.11. The van der Waals surface area contributed by atoms with Crippen molar-refractivity contribution in [1.29, 1.82) is 0 Å². The molecule has 2 rings (SSSR count). The monoisotopic (exact) mass is 276 g/mol. The SMILES string of the molecule is COC(OC)P(=O)(c1ccccc1)c1ccccc1. The summed E-state index contributed by atoms with van der Waals surface area (Å²) in [5.41, 5.74) is 0. The molecule has 2 aromatic rings. The van der Waals surface area contributed by atoms with Crippen LogP contribution in [0.2, 0.25) is 0 Å². The van der Waals surface area contributed by atoms with Crippen LogP contribution in [0.15, 0.2) is 60.7 Å². The molecule has 2 aromatic carbocycles. The van der Waals surface area contributed by atoms with Gasteiger partial charge >= 0.3 is 0 Å². The summed E-state index contributed by atoms with van der Waals surface area (Å²) in [5, 5.41) is 1.46. The van der Waals surface area contributed by atoms with Gasteiger partial charge < -0.3 is 14.0 Å². The van der Waals surface area contributed by atoms with Crippen LogP contribution in [0.4, 0.5) is 0 Å². The van der Waals surface area contributed by atoms with Crippen LogP contribution in [0, 0.1) is 0 Å². The number of ether oxygens (including phenoxy) is 2. The van der Waals surface area contributed by atoms with E-state index in [1.165, 1.54) is 14.2 Å². The summed E-state index contributed by atoms with van der Waals surface area (Å²) in [6.45, 7) is 0. The van der Waals surface area contributed by atoms with Crippen molar-refractivity contribution in [3.63, 3.8) is 0 Å². The van der Waals surface area contributed by atoms with Gasteiger partial charge in [0.15, 0.2) is 7.14 Å². The third-order valence-electron chi connectivity index (χ3n) is 2.98. The molecule has 0 aliphatic heterocycles. The number of benzene rings is 2. The maximum atomic E-state index is 13.5. The molecule has 4 heteroatoms. The van der Waals surface area contributed by atoms with E-state index in [0.717, 1.165) is 10.6 Å². The molecule has 0 aliphatic rings. The van der Waals surface area contributed by atoms with Gasteiger partial charge in [-0.15, -0.1) is 0 Å². The van der Waals surface area contributed by atoms with Crippen LogP contribution in [-0.2, 0) is 14.0 Å². The minimum atomic E-state index is -2.98. The van der Waals surface area contributed by atoms with E-state index in [2.05, 4.69) is 0 Å². The van der Waals surface area contributed by atoms with Crippen molar-refractivity contribution >= 4 is 17.8 Å². The Morgan fingerprint density at radius 3 is 1.47 bits per heavy atom. The molecule has 0 aromatic heterocycles. The van der Waals surface area contributed by atoms with Crippen molar-refractivity contribution < 1.29 is 14.0 Å². The normalized spacial score (nSPS) is 11.7. The zero-order valence-electron chi connectivity index (χ0n) is 11.0. The molecule has 0 aliphatic carbocycles. The lowest BCUT2D eigenvalue weighted by atomic mass is 10.4. The van der Waals surface area contributed by atoms with Gasteiger partial charge in [-0.25, -0.2) is 0 Å².